The number of aromatic nitrogens is 1. The quantitative estimate of drug-likeness (QED) is 0.584. The van der Waals surface area contributed by atoms with Gasteiger partial charge in [-0.25, -0.2) is 13.1 Å². The summed E-state index contributed by atoms with van der Waals surface area (Å²) in [5.74, 6) is 0.452. The van der Waals surface area contributed by atoms with Gasteiger partial charge < -0.3 is 4.52 Å². The van der Waals surface area contributed by atoms with Crippen molar-refractivity contribution in [2.24, 2.45) is 0 Å². The molecule has 5 nitrogen and oxygen atoms in total. The Hall–Kier alpha value is -1.14. The second-order valence-corrected chi connectivity index (χ2v) is 4.97. The molecule has 0 saturated carbocycles. The van der Waals surface area contributed by atoms with Crippen LogP contribution in [0, 0.1) is 6.92 Å². The van der Waals surface area contributed by atoms with E-state index in [0.717, 1.165) is 0 Å². The highest BCUT2D eigenvalue weighted by Gasteiger charge is 2.13. The lowest BCUT2D eigenvalue weighted by atomic mass is 10.4. The molecule has 6 heteroatoms. The van der Waals surface area contributed by atoms with Gasteiger partial charge in [0.05, 0.1) is 0 Å². The van der Waals surface area contributed by atoms with Crippen molar-refractivity contribution < 1.29 is 12.9 Å². The number of nitrogens with one attached hydrogen (secondary N) is 1. The maximum atomic E-state index is 11.5. The summed E-state index contributed by atoms with van der Waals surface area (Å²) in [6.45, 7) is 5.59. The molecule has 0 bridgehead atoms. The number of rotatable bonds is 6. The maximum absolute atomic E-state index is 11.5. The van der Waals surface area contributed by atoms with Gasteiger partial charge in [-0.05, 0) is 13.3 Å². The molecule has 84 valence electrons. The zero-order chi connectivity index (χ0) is 11.3. The summed E-state index contributed by atoms with van der Waals surface area (Å²) in [6.07, 6.45) is 2.26. The van der Waals surface area contributed by atoms with E-state index in [2.05, 4.69) is 16.5 Å². The van der Waals surface area contributed by atoms with Crippen LogP contribution < -0.4 is 4.72 Å². The van der Waals surface area contributed by atoms with Crippen LogP contribution in [0.4, 0.5) is 0 Å². The van der Waals surface area contributed by atoms with E-state index in [9.17, 15) is 8.42 Å². The van der Waals surface area contributed by atoms with Gasteiger partial charge in [0.25, 0.3) is 0 Å². The molecule has 1 aromatic heterocycles. The number of hydrogen-bond acceptors (Lipinski definition) is 4. The molecule has 0 atom stereocenters. The minimum absolute atomic E-state index is 0.151. The van der Waals surface area contributed by atoms with Gasteiger partial charge in [-0.1, -0.05) is 11.2 Å². The van der Waals surface area contributed by atoms with Crippen LogP contribution in [0.2, 0.25) is 0 Å². The molecule has 0 aliphatic rings. The average Bonchev–Trinajstić information content (AvgIpc) is 2.50. The minimum Gasteiger partial charge on any atom is -0.361 e. The van der Waals surface area contributed by atoms with Crippen molar-refractivity contribution >= 4 is 10.0 Å². The Bertz CT molecular complexity index is 422. The van der Waals surface area contributed by atoms with Gasteiger partial charge >= 0.3 is 0 Å². The Labute approximate surface area is 89.2 Å². The van der Waals surface area contributed by atoms with Crippen LogP contribution in [-0.4, -0.2) is 20.1 Å². The van der Waals surface area contributed by atoms with Gasteiger partial charge in [-0.15, -0.1) is 6.58 Å². The topological polar surface area (TPSA) is 72.2 Å². The molecule has 1 heterocycles. The van der Waals surface area contributed by atoms with E-state index in [0.29, 0.717) is 24.4 Å². The van der Waals surface area contributed by atoms with Gasteiger partial charge in [0.2, 0.25) is 10.0 Å². The monoisotopic (exact) mass is 230 g/mol. The Morgan fingerprint density at radius 3 is 2.93 bits per heavy atom. The van der Waals surface area contributed by atoms with Crippen LogP contribution in [-0.2, 0) is 15.8 Å². The fourth-order valence-corrected chi connectivity index (χ4v) is 2.10. The molecular weight excluding hydrogens is 216 g/mol. The summed E-state index contributed by atoms with van der Waals surface area (Å²) in [7, 11) is -3.31. The first-order valence-corrected chi connectivity index (χ1v) is 6.19. The molecule has 1 rings (SSSR count). The van der Waals surface area contributed by atoms with Gasteiger partial charge in [0.15, 0.2) is 0 Å². The highest BCUT2D eigenvalue weighted by molar-refractivity contribution is 7.88. The van der Waals surface area contributed by atoms with Crippen LogP contribution in [0.15, 0.2) is 23.2 Å². The van der Waals surface area contributed by atoms with E-state index in [4.69, 9.17) is 4.52 Å². The SMILES string of the molecule is C=CCCNS(=O)(=O)Cc1cc(C)on1. The number of nitrogens with zero attached hydrogens (tertiary/aromatic N) is 1. The van der Waals surface area contributed by atoms with Gasteiger partial charge in [0.1, 0.15) is 17.2 Å². The van der Waals surface area contributed by atoms with Crippen molar-refractivity contribution in [2.45, 2.75) is 19.1 Å². The fourth-order valence-electron chi connectivity index (χ4n) is 1.05. The molecule has 0 aliphatic carbocycles. The second kappa shape index (κ2) is 5.09. The predicted molar refractivity (Wildman–Crippen MR) is 56.7 cm³/mol. The molecule has 0 unspecified atom stereocenters. The standard InChI is InChI=1S/C9H14N2O3S/c1-3-4-5-10-15(12,13)7-9-6-8(2)14-11-9/h3,6,10H,1,4-5,7H2,2H3. The van der Waals surface area contributed by atoms with Crippen molar-refractivity contribution in [3.05, 3.63) is 30.2 Å². The van der Waals surface area contributed by atoms with E-state index < -0.39 is 10.0 Å². The Morgan fingerprint density at radius 1 is 1.67 bits per heavy atom. The summed E-state index contributed by atoms with van der Waals surface area (Å²) in [6, 6.07) is 1.60. The van der Waals surface area contributed by atoms with E-state index in [1.807, 2.05) is 0 Å². The van der Waals surface area contributed by atoms with Crippen LogP contribution in [0.25, 0.3) is 0 Å². The van der Waals surface area contributed by atoms with Crippen molar-refractivity contribution in [3.8, 4) is 0 Å². The molecule has 1 aromatic rings. The summed E-state index contributed by atoms with van der Waals surface area (Å²) in [5, 5.41) is 3.61. The third-order valence-electron chi connectivity index (χ3n) is 1.69. The van der Waals surface area contributed by atoms with Crippen LogP contribution >= 0.6 is 0 Å². The van der Waals surface area contributed by atoms with E-state index in [1.54, 1.807) is 19.1 Å². The van der Waals surface area contributed by atoms with Crippen LogP contribution in [0.3, 0.4) is 0 Å². The van der Waals surface area contributed by atoms with Gasteiger partial charge in [0, 0.05) is 12.6 Å². The molecule has 0 amide bonds. The third kappa shape index (κ3) is 4.26. The summed E-state index contributed by atoms with van der Waals surface area (Å²) in [4.78, 5) is 0. The maximum Gasteiger partial charge on any atom is 0.217 e. The molecule has 0 radical (unpaired) electrons. The van der Waals surface area contributed by atoms with Gasteiger partial charge in [-0.3, -0.25) is 0 Å². The predicted octanol–water partition coefficient (Wildman–Crippen LogP) is 0.979. The lowest BCUT2D eigenvalue weighted by Crippen LogP contribution is -2.25. The van der Waals surface area contributed by atoms with E-state index in [1.165, 1.54) is 0 Å². The molecule has 0 spiro atoms. The first kappa shape index (κ1) is 11.9. The van der Waals surface area contributed by atoms with Crippen LogP contribution in [0.5, 0.6) is 0 Å². The molecule has 0 fully saturated rings. The summed E-state index contributed by atoms with van der Waals surface area (Å²) < 4.78 is 30.1. The molecule has 0 saturated heterocycles. The second-order valence-electron chi connectivity index (χ2n) is 3.16. The molecular formula is C9H14N2O3S. The molecule has 15 heavy (non-hydrogen) atoms. The zero-order valence-corrected chi connectivity index (χ0v) is 9.38. The van der Waals surface area contributed by atoms with E-state index >= 15 is 0 Å². The molecule has 1 N–H and O–H groups in total. The highest BCUT2D eigenvalue weighted by atomic mass is 32.2. The zero-order valence-electron chi connectivity index (χ0n) is 8.56. The molecule has 0 aromatic carbocycles. The fraction of sp³-hybridized carbons (Fsp3) is 0.444. The Kier molecular flexibility index (Phi) is 4.05. The summed E-state index contributed by atoms with van der Waals surface area (Å²) in [5.41, 5.74) is 0.415. The largest absolute Gasteiger partial charge is 0.361 e. The number of hydrogen-bond donors (Lipinski definition) is 1. The van der Waals surface area contributed by atoms with Crippen molar-refractivity contribution in [1.29, 1.82) is 0 Å². The Balaban J connectivity index is 2.52. The van der Waals surface area contributed by atoms with Crippen molar-refractivity contribution in [3.63, 3.8) is 0 Å². The molecule has 0 aliphatic heterocycles. The number of aryl methyl sites for hydroxylation is 1. The third-order valence-corrected chi connectivity index (χ3v) is 3.00. The summed E-state index contributed by atoms with van der Waals surface area (Å²) >= 11 is 0. The van der Waals surface area contributed by atoms with E-state index in [-0.39, 0.29) is 5.75 Å². The minimum atomic E-state index is -3.31. The normalized spacial score (nSPS) is 11.5. The van der Waals surface area contributed by atoms with Crippen molar-refractivity contribution in [1.82, 2.24) is 9.88 Å². The number of sulfonamides is 1. The first-order chi connectivity index (χ1) is 7.03. The highest BCUT2D eigenvalue weighted by Crippen LogP contribution is 2.05. The Morgan fingerprint density at radius 2 is 2.40 bits per heavy atom. The lowest BCUT2D eigenvalue weighted by Gasteiger charge is -2.02. The van der Waals surface area contributed by atoms with Crippen molar-refractivity contribution in [2.75, 3.05) is 6.54 Å². The van der Waals surface area contributed by atoms with Gasteiger partial charge in [-0.2, -0.15) is 0 Å². The first-order valence-electron chi connectivity index (χ1n) is 4.54. The van der Waals surface area contributed by atoms with Crippen LogP contribution in [0.1, 0.15) is 17.9 Å². The lowest BCUT2D eigenvalue weighted by molar-refractivity contribution is 0.392. The average molecular weight is 230 g/mol. The smallest absolute Gasteiger partial charge is 0.217 e.